The smallest absolute Gasteiger partial charge is 0.201 e. The summed E-state index contributed by atoms with van der Waals surface area (Å²) in [5.74, 6) is 0.754. The van der Waals surface area contributed by atoms with Gasteiger partial charge >= 0.3 is 0 Å². The van der Waals surface area contributed by atoms with Gasteiger partial charge in [0.15, 0.2) is 11.6 Å². The van der Waals surface area contributed by atoms with Gasteiger partial charge in [0.05, 0.1) is 6.61 Å². The number of allylic oxidation sites excluding steroid dienone is 2. The van der Waals surface area contributed by atoms with Crippen molar-refractivity contribution in [2.45, 2.75) is 65.2 Å². The highest BCUT2D eigenvalue weighted by molar-refractivity contribution is 5.65. The highest BCUT2D eigenvalue weighted by atomic mass is 19.2. The Kier molecular flexibility index (Phi) is 7.09. The van der Waals surface area contributed by atoms with E-state index in [1.54, 1.807) is 11.6 Å². The third kappa shape index (κ3) is 4.71. The summed E-state index contributed by atoms with van der Waals surface area (Å²) in [6.07, 6.45) is 12.1. The van der Waals surface area contributed by atoms with Gasteiger partial charge in [-0.25, -0.2) is 4.39 Å². The van der Waals surface area contributed by atoms with E-state index >= 15 is 0 Å². The Hall–Kier alpha value is -2.16. The van der Waals surface area contributed by atoms with Crippen LogP contribution in [0.15, 0.2) is 48.0 Å². The van der Waals surface area contributed by atoms with Crippen molar-refractivity contribution < 1.29 is 13.5 Å². The van der Waals surface area contributed by atoms with Gasteiger partial charge in [-0.2, -0.15) is 4.39 Å². The summed E-state index contributed by atoms with van der Waals surface area (Å²) in [6.45, 7) is 4.59. The van der Waals surface area contributed by atoms with Crippen molar-refractivity contribution in [1.29, 1.82) is 0 Å². The Morgan fingerprint density at radius 2 is 1.71 bits per heavy atom. The molecule has 0 heterocycles. The second kappa shape index (κ2) is 9.97. The molecular formula is C28H34F2O. The first-order valence-electron chi connectivity index (χ1n) is 12.0. The molecule has 0 N–H and O–H groups in total. The standard InChI is InChI=1S/C28H34F2O/c1-3-5-20-12-14-24-21(13-15-23(20)24)9-6-19-7-10-22(11-8-19)25-16-17-26(31-18-4-2)28(30)27(25)29/h7-8,10-12,16-17,21,23-24H,3-6,9,13-15,18H2,1-2H3. The van der Waals surface area contributed by atoms with Crippen molar-refractivity contribution in [3.8, 4) is 16.9 Å². The lowest BCUT2D eigenvalue weighted by atomic mass is 9.85. The Bertz CT molecular complexity index is 915. The molecule has 0 aromatic heterocycles. The number of hydrogen-bond acceptors (Lipinski definition) is 1. The molecule has 1 fully saturated rings. The summed E-state index contributed by atoms with van der Waals surface area (Å²) in [4.78, 5) is 0. The molecule has 2 aromatic rings. The highest BCUT2D eigenvalue weighted by Crippen LogP contribution is 2.50. The first-order chi connectivity index (χ1) is 15.1. The number of benzene rings is 2. The second-order valence-corrected chi connectivity index (χ2v) is 9.20. The topological polar surface area (TPSA) is 9.23 Å². The van der Waals surface area contributed by atoms with E-state index in [9.17, 15) is 8.78 Å². The van der Waals surface area contributed by atoms with Gasteiger partial charge in [-0.05, 0) is 86.0 Å². The average Bonchev–Trinajstić information content (AvgIpc) is 3.37. The molecule has 2 aliphatic rings. The van der Waals surface area contributed by atoms with Crippen LogP contribution in [0.3, 0.4) is 0 Å². The molecule has 31 heavy (non-hydrogen) atoms. The highest BCUT2D eigenvalue weighted by Gasteiger charge is 2.39. The number of halogens is 2. The fourth-order valence-corrected chi connectivity index (χ4v) is 5.62. The zero-order valence-corrected chi connectivity index (χ0v) is 18.8. The van der Waals surface area contributed by atoms with Crippen LogP contribution in [0, 0.1) is 29.4 Å². The molecular weight excluding hydrogens is 390 g/mol. The van der Waals surface area contributed by atoms with E-state index in [4.69, 9.17) is 4.74 Å². The predicted molar refractivity (Wildman–Crippen MR) is 123 cm³/mol. The van der Waals surface area contributed by atoms with Crippen molar-refractivity contribution in [2.24, 2.45) is 17.8 Å². The van der Waals surface area contributed by atoms with Crippen LogP contribution in [0.4, 0.5) is 8.78 Å². The zero-order valence-electron chi connectivity index (χ0n) is 18.8. The maximum atomic E-state index is 14.6. The monoisotopic (exact) mass is 424 g/mol. The van der Waals surface area contributed by atoms with Crippen LogP contribution in [0.5, 0.6) is 5.75 Å². The van der Waals surface area contributed by atoms with Crippen molar-refractivity contribution >= 4 is 0 Å². The quantitative estimate of drug-likeness (QED) is 0.369. The van der Waals surface area contributed by atoms with Crippen molar-refractivity contribution in [3.05, 3.63) is 65.2 Å². The Morgan fingerprint density at radius 1 is 0.903 bits per heavy atom. The van der Waals surface area contributed by atoms with E-state index in [0.717, 1.165) is 30.6 Å². The van der Waals surface area contributed by atoms with Crippen molar-refractivity contribution in [3.63, 3.8) is 0 Å². The van der Waals surface area contributed by atoms with E-state index in [0.29, 0.717) is 12.2 Å². The summed E-state index contributed by atoms with van der Waals surface area (Å²) < 4.78 is 34.2. The number of fused-ring (bicyclic) bond motifs is 1. The molecule has 2 aromatic carbocycles. The van der Waals surface area contributed by atoms with Crippen LogP contribution in [-0.2, 0) is 6.42 Å². The van der Waals surface area contributed by atoms with Gasteiger partial charge in [0.1, 0.15) is 0 Å². The molecule has 0 bridgehead atoms. The fraction of sp³-hybridized carbons (Fsp3) is 0.500. The van der Waals surface area contributed by atoms with Crippen LogP contribution in [0.1, 0.15) is 64.4 Å². The van der Waals surface area contributed by atoms with Crippen molar-refractivity contribution in [1.82, 2.24) is 0 Å². The lowest BCUT2D eigenvalue weighted by Gasteiger charge is -2.20. The van der Waals surface area contributed by atoms with Gasteiger partial charge in [-0.3, -0.25) is 0 Å². The first kappa shape index (κ1) is 22.0. The van der Waals surface area contributed by atoms with E-state index in [-0.39, 0.29) is 11.3 Å². The van der Waals surface area contributed by atoms with Crippen LogP contribution >= 0.6 is 0 Å². The number of aryl methyl sites for hydroxylation is 1. The van der Waals surface area contributed by atoms with Crippen LogP contribution in [-0.4, -0.2) is 6.61 Å². The molecule has 0 spiro atoms. The molecule has 0 aliphatic heterocycles. The summed E-state index contributed by atoms with van der Waals surface area (Å²) >= 11 is 0. The average molecular weight is 425 g/mol. The zero-order chi connectivity index (χ0) is 21.8. The minimum atomic E-state index is -0.904. The van der Waals surface area contributed by atoms with E-state index in [1.807, 2.05) is 19.1 Å². The predicted octanol–water partition coefficient (Wildman–Crippen LogP) is 8.13. The van der Waals surface area contributed by atoms with Gasteiger partial charge in [0, 0.05) is 5.56 Å². The minimum absolute atomic E-state index is 0.0157. The largest absolute Gasteiger partial charge is 0.490 e. The molecule has 0 radical (unpaired) electrons. The summed E-state index contributed by atoms with van der Waals surface area (Å²) in [6, 6.07) is 11.1. The molecule has 1 nitrogen and oxygen atoms in total. The van der Waals surface area contributed by atoms with Crippen LogP contribution < -0.4 is 4.74 Å². The fourth-order valence-electron chi connectivity index (χ4n) is 5.62. The van der Waals surface area contributed by atoms with Gasteiger partial charge in [0.2, 0.25) is 5.82 Å². The van der Waals surface area contributed by atoms with E-state index in [1.165, 1.54) is 50.2 Å². The molecule has 1 saturated carbocycles. The molecule has 2 aliphatic carbocycles. The summed E-state index contributed by atoms with van der Waals surface area (Å²) in [5.41, 5.74) is 3.98. The number of hydrogen-bond donors (Lipinski definition) is 0. The lowest BCUT2D eigenvalue weighted by molar-refractivity contribution is 0.295. The van der Waals surface area contributed by atoms with Crippen LogP contribution in [0.2, 0.25) is 0 Å². The molecule has 166 valence electrons. The molecule has 0 saturated heterocycles. The lowest BCUT2D eigenvalue weighted by Crippen LogP contribution is -2.12. The van der Waals surface area contributed by atoms with Crippen LogP contribution in [0.25, 0.3) is 11.1 Å². The van der Waals surface area contributed by atoms with Gasteiger partial charge in [0.25, 0.3) is 0 Å². The molecule has 3 unspecified atom stereocenters. The third-order valence-corrected chi connectivity index (χ3v) is 7.22. The maximum Gasteiger partial charge on any atom is 0.201 e. The third-order valence-electron chi connectivity index (χ3n) is 7.22. The van der Waals surface area contributed by atoms with E-state index in [2.05, 4.69) is 25.1 Å². The summed E-state index contributed by atoms with van der Waals surface area (Å²) in [7, 11) is 0. The second-order valence-electron chi connectivity index (χ2n) is 9.20. The number of rotatable bonds is 9. The van der Waals surface area contributed by atoms with Gasteiger partial charge in [-0.1, -0.05) is 56.2 Å². The Labute approximate surface area is 185 Å². The maximum absolute atomic E-state index is 14.6. The Balaban J connectivity index is 1.37. The molecule has 3 heteroatoms. The van der Waals surface area contributed by atoms with Crippen molar-refractivity contribution in [2.75, 3.05) is 6.61 Å². The van der Waals surface area contributed by atoms with Gasteiger partial charge < -0.3 is 4.74 Å². The minimum Gasteiger partial charge on any atom is -0.490 e. The van der Waals surface area contributed by atoms with Gasteiger partial charge in [-0.15, -0.1) is 0 Å². The summed E-state index contributed by atoms with van der Waals surface area (Å²) in [5, 5.41) is 0. The SMILES string of the molecule is CCCOc1ccc(-c2ccc(CCC3CCC4C(CCC)=CCC34)cc2)c(F)c1F. The first-order valence-corrected chi connectivity index (χ1v) is 12.0. The molecule has 3 atom stereocenters. The van der Waals surface area contributed by atoms with E-state index < -0.39 is 11.6 Å². The molecule has 0 amide bonds. The Morgan fingerprint density at radius 3 is 2.45 bits per heavy atom. The normalized spacial score (nSPS) is 22.5. The number of ether oxygens (including phenoxy) is 1. The molecule has 4 rings (SSSR count).